The highest BCUT2D eigenvalue weighted by Gasteiger charge is 2.50. The summed E-state index contributed by atoms with van der Waals surface area (Å²) < 4.78 is 0. The second-order valence-corrected chi connectivity index (χ2v) is 29.5. The highest BCUT2D eigenvalue weighted by atomic mass is 14.5. The summed E-state index contributed by atoms with van der Waals surface area (Å²) in [6.45, 7) is 23.9. The molecule has 0 spiro atoms. The van der Waals surface area contributed by atoms with Crippen LogP contribution in [0.1, 0.15) is 133 Å². The number of aryl methyl sites for hydroxylation is 2. The van der Waals surface area contributed by atoms with Crippen LogP contribution >= 0.6 is 0 Å². The molecule has 0 atom stereocenters. The average Bonchev–Trinajstić information content (AvgIpc) is 1.61. The van der Waals surface area contributed by atoms with Gasteiger partial charge in [-0.3, -0.25) is 0 Å². The summed E-state index contributed by atoms with van der Waals surface area (Å²) in [7, 11) is 0. The highest BCUT2D eigenvalue weighted by molar-refractivity contribution is 6.02. The van der Waals surface area contributed by atoms with E-state index in [2.05, 4.69) is 336 Å². The second-order valence-electron chi connectivity index (χ2n) is 29.5. The van der Waals surface area contributed by atoms with Gasteiger partial charge in [-0.15, -0.1) is 0 Å². The molecule has 446 valence electrons. The monoisotopic (exact) mass is 1190 g/mol. The zero-order valence-electron chi connectivity index (χ0n) is 54.9. The number of benzene rings is 13. The molecule has 0 aromatic heterocycles. The third-order valence-corrected chi connectivity index (χ3v) is 23.2. The summed E-state index contributed by atoms with van der Waals surface area (Å²) in [6, 6.07) is 105. The summed E-state index contributed by atoms with van der Waals surface area (Å²) in [5, 5.41) is 0. The molecule has 0 unspecified atom stereocenters. The Kier molecular flexibility index (Phi) is 11.6. The highest BCUT2D eigenvalue weighted by Crippen LogP contribution is 2.63. The van der Waals surface area contributed by atoms with E-state index in [1.54, 1.807) is 0 Å². The molecule has 13 aromatic rings. The van der Waals surface area contributed by atoms with E-state index in [0.717, 1.165) is 0 Å². The SMILES string of the molecule is Cc1ccc2c(c1)-c1c(-c3ccccc3C)cccc1C2(c1cc(-c2cccc3c2-c2ccccc2C3(C)C)cc(-c2cccc3c2-c2ccccc2C3(C)C)c1)c1cc(-c2cccc3c2-c2ccccc2C3(C)C)cc(-c2cccc3c2-c2ccccc2C3(C)C)c1. The summed E-state index contributed by atoms with van der Waals surface area (Å²) in [5.74, 6) is 0. The maximum Gasteiger partial charge on any atom is 0.0714 e. The molecule has 0 nitrogen and oxygen atoms in total. The van der Waals surface area contributed by atoms with Crippen LogP contribution in [0.15, 0.2) is 267 Å². The Morgan fingerprint density at radius 1 is 0.194 bits per heavy atom. The molecule has 0 heteroatoms. The van der Waals surface area contributed by atoms with Crippen LogP contribution in [0.2, 0.25) is 0 Å². The number of hydrogen-bond acceptors (Lipinski definition) is 0. The third-order valence-electron chi connectivity index (χ3n) is 23.2. The molecule has 93 heavy (non-hydrogen) atoms. The number of rotatable bonds is 7. The molecular formula is C93H74. The Labute approximate surface area is 549 Å². The van der Waals surface area contributed by atoms with E-state index in [0.29, 0.717) is 0 Å². The Bertz CT molecular complexity index is 4900. The smallest absolute Gasteiger partial charge is 0.0620 e. The number of fused-ring (bicyclic) bond motifs is 15. The van der Waals surface area contributed by atoms with Crippen LogP contribution in [0.25, 0.3) is 111 Å². The molecule has 0 radical (unpaired) electrons. The molecule has 0 N–H and O–H groups in total. The van der Waals surface area contributed by atoms with Crippen molar-refractivity contribution in [3.63, 3.8) is 0 Å². The predicted octanol–water partition coefficient (Wildman–Crippen LogP) is 24.2. The molecule has 0 aliphatic heterocycles. The van der Waals surface area contributed by atoms with Crippen LogP contribution in [0.4, 0.5) is 0 Å². The Morgan fingerprint density at radius 3 is 0.828 bits per heavy atom. The van der Waals surface area contributed by atoms with Crippen LogP contribution in [0.3, 0.4) is 0 Å². The largest absolute Gasteiger partial charge is 0.0714 e. The Hall–Kier alpha value is -10.1. The van der Waals surface area contributed by atoms with E-state index in [-0.39, 0.29) is 21.7 Å². The fourth-order valence-electron chi connectivity index (χ4n) is 18.7. The van der Waals surface area contributed by atoms with Crippen molar-refractivity contribution in [3.8, 4) is 111 Å². The van der Waals surface area contributed by atoms with Gasteiger partial charge >= 0.3 is 0 Å². The maximum atomic E-state index is 2.64. The van der Waals surface area contributed by atoms with Crippen LogP contribution < -0.4 is 0 Å². The molecule has 5 aliphatic rings. The fourth-order valence-corrected chi connectivity index (χ4v) is 18.7. The minimum absolute atomic E-state index is 0.191. The summed E-state index contributed by atoms with van der Waals surface area (Å²) in [5.41, 5.74) is 42.4. The second kappa shape index (κ2) is 19.5. The van der Waals surface area contributed by atoms with Crippen molar-refractivity contribution < 1.29 is 0 Å². The molecule has 0 saturated carbocycles. The van der Waals surface area contributed by atoms with Crippen LogP contribution in [-0.2, 0) is 27.1 Å². The zero-order valence-corrected chi connectivity index (χ0v) is 54.9. The third kappa shape index (κ3) is 7.50. The normalized spacial score (nSPS) is 15.8. The molecule has 13 aromatic carbocycles. The van der Waals surface area contributed by atoms with Gasteiger partial charge in [-0.25, -0.2) is 0 Å². The van der Waals surface area contributed by atoms with Gasteiger partial charge in [0.05, 0.1) is 5.41 Å². The molecule has 0 amide bonds. The topological polar surface area (TPSA) is 0 Å². The lowest BCUT2D eigenvalue weighted by molar-refractivity contribution is 0.660. The van der Waals surface area contributed by atoms with Gasteiger partial charge in [0.1, 0.15) is 0 Å². The molecule has 18 rings (SSSR count). The van der Waals surface area contributed by atoms with Gasteiger partial charge < -0.3 is 0 Å². The lowest BCUT2D eigenvalue weighted by Gasteiger charge is -2.36. The first kappa shape index (κ1) is 55.7. The molecule has 0 heterocycles. The summed E-state index contributed by atoms with van der Waals surface area (Å²) in [6.07, 6.45) is 0. The lowest BCUT2D eigenvalue weighted by Crippen LogP contribution is -2.29. The molecule has 0 fully saturated rings. The predicted molar refractivity (Wildman–Crippen MR) is 391 cm³/mol. The van der Waals surface area contributed by atoms with Gasteiger partial charge in [0.2, 0.25) is 0 Å². The van der Waals surface area contributed by atoms with Crippen molar-refractivity contribution in [2.75, 3.05) is 0 Å². The maximum absolute atomic E-state index is 2.64. The Morgan fingerprint density at radius 2 is 0.473 bits per heavy atom. The van der Waals surface area contributed by atoms with Gasteiger partial charge in [0.25, 0.3) is 0 Å². The van der Waals surface area contributed by atoms with Gasteiger partial charge in [-0.1, -0.05) is 291 Å². The summed E-state index contributed by atoms with van der Waals surface area (Å²) in [4.78, 5) is 0. The minimum atomic E-state index is -0.888. The molecule has 0 saturated heterocycles. The number of hydrogen-bond donors (Lipinski definition) is 0. The van der Waals surface area contributed by atoms with Crippen molar-refractivity contribution in [2.24, 2.45) is 0 Å². The first-order chi connectivity index (χ1) is 45.0. The van der Waals surface area contributed by atoms with Crippen molar-refractivity contribution >= 4 is 0 Å². The van der Waals surface area contributed by atoms with Crippen molar-refractivity contribution in [2.45, 2.75) is 96.3 Å². The minimum Gasteiger partial charge on any atom is -0.0620 e. The van der Waals surface area contributed by atoms with Crippen LogP contribution in [0, 0.1) is 13.8 Å². The lowest BCUT2D eigenvalue weighted by atomic mass is 9.65. The van der Waals surface area contributed by atoms with Gasteiger partial charge in [-0.05, 0) is 234 Å². The van der Waals surface area contributed by atoms with E-state index in [1.165, 1.54) is 189 Å². The van der Waals surface area contributed by atoms with Crippen LogP contribution in [-0.4, -0.2) is 0 Å². The molecule has 5 aliphatic carbocycles. The van der Waals surface area contributed by atoms with Crippen LogP contribution in [0.5, 0.6) is 0 Å². The molecule has 0 bridgehead atoms. The standard InChI is InChI=1S/C93H74/c1-55-46-47-78-73(48-55)88-68(63-27-12-11-26-56(63)2)36-25-45-83(88)93(78,61-51-57(64-32-21-41-79-84(64)69-28-13-17-37-74(69)89(79,3)4)49-58(52-61)65-33-22-42-80-85(65)70-29-14-18-38-75(70)90(80,5)6)62-53-59(66-34-23-43-81-86(66)71-30-15-19-39-76(71)91(81,7)8)50-60(54-62)67-35-24-44-82-87(67)72-31-16-20-40-77(72)92(82,9)10/h11-54H,1-10H3. The van der Waals surface area contributed by atoms with E-state index in [1.807, 2.05) is 0 Å². The van der Waals surface area contributed by atoms with Crippen molar-refractivity contribution in [1.82, 2.24) is 0 Å². The quantitative estimate of drug-likeness (QED) is 0.149. The van der Waals surface area contributed by atoms with E-state index >= 15 is 0 Å². The fraction of sp³-hybridized carbons (Fsp3) is 0.161. The van der Waals surface area contributed by atoms with Gasteiger partial charge in [0.15, 0.2) is 0 Å². The van der Waals surface area contributed by atoms with E-state index in [9.17, 15) is 0 Å². The molecular weight excluding hydrogens is 1120 g/mol. The van der Waals surface area contributed by atoms with Crippen molar-refractivity contribution in [1.29, 1.82) is 0 Å². The summed E-state index contributed by atoms with van der Waals surface area (Å²) >= 11 is 0. The van der Waals surface area contributed by atoms with Gasteiger partial charge in [-0.2, -0.15) is 0 Å². The van der Waals surface area contributed by atoms with Gasteiger partial charge in [0, 0.05) is 21.7 Å². The zero-order chi connectivity index (χ0) is 63.2. The average molecular weight is 1190 g/mol. The van der Waals surface area contributed by atoms with E-state index in [4.69, 9.17) is 0 Å². The first-order valence-corrected chi connectivity index (χ1v) is 33.6. The van der Waals surface area contributed by atoms with E-state index < -0.39 is 5.41 Å². The Balaban J connectivity index is 1.03. The first-order valence-electron chi connectivity index (χ1n) is 33.6. The van der Waals surface area contributed by atoms with Crippen molar-refractivity contribution in [3.05, 3.63) is 345 Å².